The summed E-state index contributed by atoms with van der Waals surface area (Å²) in [6, 6.07) is 0. The third-order valence-electron chi connectivity index (χ3n) is 6.07. The Kier molecular flexibility index (Phi) is 20.4. The maximum atomic E-state index is 12.1. The second kappa shape index (κ2) is 21.2. The van der Waals surface area contributed by atoms with E-state index in [9.17, 15) is 9.59 Å². The molecule has 0 unspecified atom stereocenters. The minimum absolute atomic E-state index is 0.199. The molecule has 0 bridgehead atoms. The average molecular weight is 466 g/mol. The molecule has 1 N–H and O–H groups in total. The molecule has 4 nitrogen and oxygen atoms in total. The van der Waals surface area contributed by atoms with Crippen molar-refractivity contribution in [2.75, 3.05) is 6.54 Å². The van der Waals surface area contributed by atoms with Gasteiger partial charge in [0.15, 0.2) is 0 Å². The van der Waals surface area contributed by atoms with E-state index in [1.54, 1.807) is 0 Å². The fourth-order valence-corrected chi connectivity index (χ4v) is 3.96. The Labute approximate surface area is 205 Å². The second-order valence-electron chi connectivity index (χ2n) is 10.6. The summed E-state index contributed by atoms with van der Waals surface area (Å²) in [5.41, 5.74) is -0.444. The lowest BCUT2D eigenvalue weighted by molar-refractivity contribution is -0.148. The molecule has 0 aromatic carbocycles. The van der Waals surface area contributed by atoms with Gasteiger partial charge in [0.05, 0.1) is 0 Å². The molecular weight excluding hydrogens is 410 g/mol. The number of allylic oxidation sites excluding steroid dienone is 1. The van der Waals surface area contributed by atoms with Crippen LogP contribution in [0.5, 0.6) is 0 Å². The first-order valence-electron chi connectivity index (χ1n) is 13.9. The number of carbonyl (C=O) groups excluding carboxylic acids is 2. The molecule has 0 aliphatic heterocycles. The van der Waals surface area contributed by atoms with Gasteiger partial charge in [-0.3, -0.25) is 4.79 Å². The maximum Gasteiger partial charge on any atom is 0.330 e. The lowest BCUT2D eigenvalue weighted by atomic mass is 9.99. The largest absolute Gasteiger partial charge is 0.457 e. The Bertz CT molecular complexity index is 507. The van der Waals surface area contributed by atoms with Crippen molar-refractivity contribution in [1.82, 2.24) is 5.32 Å². The van der Waals surface area contributed by atoms with Crippen LogP contribution in [-0.2, 0) is 14.3 Å². The summed E-state index contributed by atoms with van der Waals surface area (Å²) in [5, 5.41) is 3.13. The van der Waals surface area contributed by atoms with E-state index < -0.39 is 5.60 Å². The van der Waals surface area contributed by atoms with Crippen molar-refractivity contribution in [2.24, 2.45) is 5.92 Å². The molecule has 0 aliphatic rings. The quantitative estimate of drug-likeness (QED) is 0.105. The van der Waals surface area contributed by atoms with E-state index in [0.717, 1.165) is 38.6 Å². The summed E-state index contributed by atoms with van der Waals surface area (Å²) < 4.78 is 5.26. The van der Waals surface area contributed by atoms with Crippen LogP contribution in [0.25, 0.3) is 0 Å². The Morgan fingerprint density at radius 3 is 1.88 bits per heavy atom. The highest BCUT2D eigenvalue weighted by Gasteiger charge is 2.13. The lowest BCUT2D eigenvalue weighted by Crippen LogP contribution is -2.28. The van der Waals surface area contributed by atoms with Crippen molar-refractivity contribution in [3.8, 4) is 0 Å². The van der Waals surface area contributed by atoms with E-state index in [-0.39, 0.29) is 11.9 Å². The molecule has 0 rings (SSSR count). The summed E-state index contributed by atoms with van der Waals surface area (Å²) in [6.45, 7) is 10.8. The van der Waals surface area contributed by atoms with Crippen LogP contribution in [0.2, 0.25) is 0 Å². The molecule has 0 saturated carbocycles. The highest BCUT2D eigenvalue weighted by Crippen LogP contribution is 2.14. The van der Waals surface area contributed by atoms with Crippen LogP contribution < -0.4 is 5.32 Å². The minimum atomic E-state index is -0.444. The molecule has 0 saturated heterocycles. The fourth-order valence-electron chi connectivity index (χ4n) is 3.96. The minimum Gasteiger partial charge on any atom is -0.457 e. The van der Waals surface area contributed by atoms with Gasteiger partial charge in [-0.2, -0.15) is 0 Å². The Balaban J connectivity index is 3.63. The summed E-state index contributed by atoms with van der Waals surface area (Å²) in [5.74, 6) is 0.427. The number of carbonyl (C=O) groups is 2. The first-order valence-corrected chi connectivity index (χ1v) is 13.9. The summed E-state index contributed by atoms with van der Waals surface area (Å²) in [6.07, 6.45) is 23.9. The number of esters is 1. The van der Waals surface area contributed by atoms with Gasteiger partial charge in [0.1, 0.15) is 5.60 Å². The van der Waals surface area contributed by atoms with Gasteiger partial charge in [0.25, 0.3) is 0 Å². The number of hydrogen-bond donors (Lipinski definition) is 1. The standard InChI is InChI=1S/C29H55NO3/c1-6-8-9-10-11-12-13-14-15-16-17-20-23-27(31)30-25-26(7-2)22-19-18-21-24-28(32)33-29(3,4)5/h21,24,26H,6-20,22-23,25H2,1-5H3,(H,30,31)/b24-21+/t26-/m1/s1. The van der Waals surface area contributed by atoms with E-state index in [2.05, 4.69) is 19.2 Å². The van der Waals surface area contributed by atoms with E-state index in [1.165, 1.54) is 76.7 Å². The van der Waals surface area contributed by atoms with Crippen LogP contribution in [0.15, 0.2) is 12.2 Å². The smallest absolute Gasteiger partial charge is 0.330 e. The molecule has 0 aromatic rings. The third-order valence-corrected chi connectivity index (χ3v) is 6.07. The fraction of sp³-hybridized carbons (Fsp3) is 0.862. The van der Waals surface area contributed by atoms with E-state index in [4.69, 9.17) is 4.74 Å². The van der Waals surface area contributed by atoms with Gasteiger partial charge in [-0.1, -0.05) is 97.0 Å². The predicted octanol–water partition coefficient (Wildman–Crippen LogP) is 8.29. The first kappa shape index (κ1) is 31.7. The number of unbranched alkanes of at least 4 members (excludes halogenated alkanes) is 12. The van der Waals surface area contributed by atoms with Crippen LogP contribution in [0.3, 0.4) is 0 Å². The Morgan fingerprint density at radius 1 is 0.818 bits per heavy atom. The molecule has 0 aromatic heterocycles. The second-order valence-corrected chi connectivity index (χ2v) is 10.6. The highest BCUT2D eigenvalue weighted by atomic mass is 16.6. The van der Waals surface area contributed by atoms with E-state index >= 15 is 0 Å². The highest BCUT2D eigenvalue weighted by molar-refractivity contribution is 5.82. The van der Waals surface area contributed by atoms with E-state index in [1.807, 2.05) is 26.8 Å². The van der Waals surface area contributed by atoms with Gasteiger partial charge in [0, 0.05) is 19.0 Å². The van der Waals surface area contributed by atoms with Crippen molar-refractivity contribution in [1.29, 1.82) is 0 Å². The molecule has 0 radical (unpaired) electrons. The molecular formula is C29H55NO3. The molecule has 1 atom stereocenters. The Hall–Kier alpha value is -1.32. The first-order chi connectivity index (χ1) is 15.8. The summed E-state index contributed by atoms with van der Waals surface area (Å²) in [4.78, 5) is 23.8. The maximum absolute atomic E-state index is 12.1. The van der Waals surface area contributed by atoms with Gasteiger partial charge in [-0.25, -0.2) is 4.79 Å². The molecule has 194 valence electrons. The average Bonchev–Trinajstić information content (AvgIpc) is 2.75. The summed E-state index contributed by atoms with van der Waals surface area (Å²) in [7, 11) is 0. The van der Waals surface area contributed by atoms with Crippen LogP contribution in [0.4, 0.5) is 0 Å². The molecule has 0 spiro atoms. The number of nitrogens with one attached hydrogen (secondary N) is 1. The van der Waals surface area contributed by atoms with E-state index in [0.29, 0.717) is 12.3 Å². The van der Waals surface area contributed by atoms with Crippen molar-refractivity contribution < 1.29 is 14.3 Å². The number of ether oxygens (including phenoxy) is 1. The van der Waals surface area contributed by atoms with Crippen molar-refractivity contribution in [2.45, 2.75) is 149 Å². The zero-order valence-electron chi connectivity index (χ0n) is 22.7. The normalized spacial score (nSPS) is 12.8. The molecule has 33 heavy (non-hydrogen) atoms. The van der Waals surface area contributed by atoms with Crippen molar-refractivity contribution in [3.63, 3.8) is 0 Å². The Morgan fingerprint density at radius 2 is 1.36 bits per heavy atom. The van der Waals surface area contributed by atoms with Crippen LogP contribution in [0.1, 0.15) is 144 Å². The molecule has 1 amide bonds. The van der Waals surface area contributed by atoms with Gasteiger partial charge >= 0.3 is 5.97 Å². The van der Waals surface area contributed by atoms with Gasteiger partial charge in [-0.15, -0.1) is 0 Å². The number of rotatable bonds is 21. The monoisotopic (exact) mass is 465 g/mol. The van der Waals surface area contributed by atoms with Gasteiger partial charge < -0.3 is 10.1 Å². The molecule has 0 heterocycles. The van der Waals surface area contributed by atoms with Gasteiger partial charge in [-0.05, 0) is 52.4 Å². The zero-order chi connectivity index (χ0) is 24.8. The molecule has 0 aliphatic carbocycles. The topological polar surface area (TPSA) is 55.4 Å². The van der Waals surface area contributed by atoms with Gasteiger partial charge in [0.2, 0.25) is 5.91 Å². The number of hydrogen-bond acceptors (Lipinski definition) is 3. The van der Waals surface area contributed by atoms with Crippen LogP contribution in [-0.4, -0.2) is 24.0 Å². The van der Waals surface area contributed by atoms with Crippen molar-refractivity contribution >= 4 is 11.9 Å². The molecule has 4 heteroatoms. The number of amides is 1. The van der Waals surface area contributed by atoms with Crippen molar-refractivity contribution in [3.05, 3.63) is 12.2 Å². The SMILES string of the molecule is CCCCCCCCCCCCCCC(=O)NC[C@H](CC)CCC/C=C/C(=O)OC(C)(C)C. The van der Waals surface area contributed by atoms with Crippen LogP contribution in [0, 0.1) is 5.92 Å². The third kappa shape index (κ3) is 23.6. The molecule has 0 fully saturated rings. The zero-order valence-corrected chi connectivity index (χ0v) is 22.7. The van der Waals surface area contributed by atoms with Crippen LogP contribution >= 0.6 is 0 Å². The lowest BCUT2D eigenvalue weighted by Gasteiger charge is -2.18. The predicted molar refractivity (Wildman–Crippen MR) is 141 cm³/mol. The summed E-state index contributed by atoms with van der Waals surface area (Å²) >= 11 is 0.